The lowest BCUT2D eigenvalue weighted by Gasteiger charge is -2.17. The van der Waals surface area contributed by atoms with Gasteiger partial charge in [0.1, 0.15) is 0 Å². The van der Waals surface area contributed by atoms with Crippen LogP contribution in [0.25, 0.3) is 6.08 Å². The Hall–Kier alpha value is -3.39. The number of nitrogens with zero attached hydrogens (tertiary/aromatic N) is 2. The highest BCUT2D eigenvalue weighted by atomic mass is 15.0. The minimum atomic E-state index is 0.341. The average molecular weight is 393 g/mol. The standard InChI is InChI=1S/C28H28N2/c1-22-11-15-25(16-12-22)28(26-17-13-23(2)14-18-26)10-6-9-27-19-29-21-30(27)20-24-7-4-3-5-8-24/h3-9,11-19,21,28H,10,20H2,1-2H3/b9-6+. The number of rotatable bonds is 7. The Kier molecular flexibility index (Phi) is 6.24. The van der Waals surface area contributed by atoms with Crippen molar-refractivity contribution in [3.63, 3.8) is 0 Å². The predicted molar refractivity (Wildman–Crippen MR) is 126 cm³/mol. The van der Waals surface area contributed by atoms with Crippen molar-refractivity contribution in [2.24, 2.45) is 0 Å². The van der Waals surface area contributed by atoms with E-state index in [0.29, 0.717) is 5.92 Å². The summed E-state index contributed by atoms with van der Waals surface area (Å²) in [6, 6.07) is 28.4. The van der Waals surface area contributed by atoms with E-state index in [9.17, 15) is 0 Å². The summed E-state index contributed by atoms with van der Waals surface area (Å²) >= 11 is 0. The first-order valence-electron chi connectivity index (χ1n) is 10.5. The van der Waals surface area contributed by atoms with E-state index in [1.165, 1.54) is 27.8 Å². The van der Waals surface area contributed by atoms with Crippen LogP contribution in [0.5, 0.6) is 0 Å². The van der Waals surface area contributed by atoms with Gasteiger partial charge >= 0.3 is 0 Å². The molecule has 3 aromatic carbocycles. The van der Waals surface area contributed by atoms with E-state index in [2.05, 4.69) is 114 Å². The normalized spacial score (nSPS) is 11.4. The molecule has 0 amide bonds. The summed E-state index contributed by atoms with van der Waals surface area (Å²) in [6.07, 6.45) is 9.27. The Balaban J connectivity index is 1.54. The summed E-state index contributed by atoms with van der Waals surface area (Å²) in [6.45, 7) is 5.11. The minimum absolute atomic E-state index is 0.341. The maximum atomic E-state index is 4.36. The molecule has 0 aliphatic carbocycles. The Morgan fingerprint density at radius 2 is 1.40 bits per heavy atom. The molecule has 0 aliphatic heterocycles. The van der Waals surface area contributed by atoms with Crippen molar-refractivity contribution in [3.8, 4) is 0 Å². The first kappa shape index (κ1) is 19.9. The van der Waals surface area contributed by atoms with E-state index >= 15 is 0 Å². The van der Waals surface area contributed by atoms with Crippen LogP contribution in [0.1, 0.15) is 45.8 Å². The van der Waals surface area contributed by atoms with E-state index in [4.69, 9.17) is 0 Å². The lowest BCUT2D eigenvalue weighted by Crippen LogP contribution is -2.01. The third kappa shape index (κ3) is 4.96. The summed E-state index contributed by atoms with van der Waals surface area (Å²) in [5, 5.41) is 0. The zero-order chi connectivity index (χ0) is 20.8. The van der Waals surface area contributed by atoms with Gasteiger partial charge in [-0.1, -0.05) is 96.1 Å². The van der Waals surface area contributed by atoms with Crippen LogP contribution in [-0.4, -0.2) is 9.55 Å². The van der Waals surface area contributed by atoms with Crippen LogP contribution < -0.4 is 0 Å². The fourth-order valence-corrected chi connectivity index (χ4v) is 3.77. The predicted octanol–water partition coefficient (Wildman–Crippen LogP) is 6.78. The molecule has 2 nitrogen and oxygen atoms in total. The zero-order valence-electron chi connectivity index (χ0n) is 17.7. The summed E-state index contributed by atoms with van der Waals surface area (Å²) in [5.74, 6) is 0.341. The van der Waals surface area contributed by atoms with Crippen molar-refractivity contribution < 1.29 is 0 Å². The Morgan fingerprint density at radius 1 is 0.800 bits per heavy atom. The monoisotopic (exact) mass is 392 g/mol. The molecule has 150 valence electrons. The molecule has 0 saturated carbocycles. The van der Waals surface area contributed by atoms with Crippen molar-refractivity contribution in [1.82, 2.24) is 9.55 Å². The van der Waals surface area contributed by atoms with Gasteiger partial charge in [-0.15, -0.1) is 0 Å². The summed E-state index contributed by atoms with van der Waals surface area (Å²) < 4.78 is 2.19. The zero-order valence-corrected chi connectivity index (χ0v) is 17.7. The number of imidazole rings is 1. The minimum Gasteiger partial charge on any atom is -0.327 e. The van der Waals surface area contributed by atoms with Crippen LogP contribution in [0.3, 0.4) is 0 Å². The molecule has 4 rings (SSSR count). The fraction of sp³-hybridized carbons (Fsp3) is 0.179. The van der Waals surface area contributed by atoms with Gasteiger partial charge in [-0.3, -0.25) is 0 Å². The first-order chi connectivity index (χ1) is 14.7. The van der Waals surface area contributed by atoms with Crippen molar-refractivity contribution in [3.05, 3.63) is 131 Å². The summed E-state index contributed by atoms with van der Waals surface area (Å²) in [4.78, 5) is 4.36. The van der Waals surface area contributed by atoms with E-state index in [0.717, 1.165) is 18.7 Å². The summed E-state index contributed by atoms with van der Waals surface area (Å²) in [7, 11) is 0. The van der Waals surface area contributed by atoms with Crippen LogP contribution in [0.2, 0.25) is 0 Å². The Morgan fingerprint density at radius 3 is 2.00 bits per heavy atom. The topological polar surface area (TPSA) is 17.8 Å². The molecule has 4 aromatic rings. The third-order valence-corrected chi connectivity index (χ3v) is 5.56. The highest BCUT2D eigenvalue weighted by Crippen LogP contribution is 2.29. The smallest absolute Gasteiger partial charge is 0.0953 e. The molecule has 0 saturated heterocycles. The molecule has 0 atom stereocenters. The molecular weight excluding hydrogens is 364 g/mol. The molecular formula is C28H28N2. The van der Waals surface area contributed by atoms with Gasteiger partial charge in [0.25, 0.3) is 0 Å². The number of benzene rings is 3. The van der Waals surface area contributed by atoms with Gasteiger partial charge in [-0.05, 0) is 43.0 Å². The van der Waals surface area contributed by atoms with Gasteiger partial charge in [0.15, 0.2) is 0 Å². The Bertz CT molecular complexity index is 1040. The molecule has 0 fully saturated rings. The van der Waals surface area contributed by atoms with E-state index in [1.54, 1.807) is 0 Å². The van der Waals surface area contributed by atoms with Crippen molar-refractivity contribution in [1.29, 1.82) is 0 Å². The fourth-order valence-electron chi connectivity index (χ4n) is 3.77. The Labute approximate surface area is 179 Å². The van der Waals surface area contributed by atoms with Gasteiger partial charge in [0, 0.05) is 12.5 Å². The lowest BCUT2D eigenvalue weighted by molar-refractivity contribution is 0.787. The number of hydrogen-bond donors (Lipinski definition) is 0. The number of aryl methyl sites for hydroxylation is 2. The second kappa shape index (κ2) is 9.41. The first-order valence-corrected chi connectivity index (χ1v) is 10.5. The van der Waals surface area contributed by atoms with Gasteiger partial charge in [-0.2, -0.15) is 0 Å². The molecule has 0 N–H and O–H groups in total. The number of allylic oxidation sites excluding steroid dienone is 1. The van der Waals surface area contributed by atoms with Crippen LogP contribution in [0.4, 0.5) is 0 Å². The quantitative estimate of drug-likeness (QED) is 0.339. The van der Waals surface area contributed by atoms with Crippen molar-refractivity contribution in [2.45, 2.75) is 32.7 Å². The molecule has 0 unspecified atom stereocenters. The van der Waals surface area contributed by atoms with Crippen LogP contribution in [0, 0.1) is 13.8 Å². The lowest BCUT2D eigenvalue weighted by atomic mass is 9.87. The van der Waals surface area contributed by atoms with Gasteiger partial charge in [0.2, 0.25) is 0 Å². The van der Waals surface area contributed by atoms with Gasteiger partial charge < -0.3 is 4.57 Å². The molecule has 0 radical (unpaired) electrons. The van der Waals surface area contributed by atoms with E-state index in [-0.39, 0.29) is 0 Å². The van der Waals surface area contributed by atoms with Gasteiger partial charge in [0.05, 0.1) is 18.2 Å². The molecule has 0 bridgehead atoms. The number of hydrogen-bond acceptors (Lipinski definition) is 1. The van der Waals surface area contributed by atoms with Crippen LogP contribution >= 0.6 is 0 Å². The average Bonchev–Trinajstić information content (AvgIpc) is 3.20. The second-order valence-corrected chi connectivity index (χ2v) is 7.94. The van der Waals surface area contributed by atoms with Crippen LogP contribution in [-0.2, 0) is 6.54 Å². The molecule has 0 aliphatic rings. The molecule has 2 heteroatoms. The number of aromatic nitrogens is 2. The largest absolute Gasteiger partial charge is 0.327 e. The molecule has 30 heavy (non-hydrogen) atoms. The van der Waals surface area contributed by atoms with Crippen molar-refractivity contribution >= 4 is 6.08 Å². The van der Waals surface area contributed by atoms with Gasteiger partial charge in [-0.25, -0.2) is 4.98 Å². The molecule has 0 spiro atoms. The maximum absolute atomic E-state index is 4.36. The summed E-state index contributed by atoms with van der Waals surface area (Å²) in [5.41, 5.74) is 7.70. The molecule has 1 heterocycles. The SMILES string of the molecule is Cc1ccc(C(C/C=C/c2cncn2Cc2ccccc2)c2ccc(C)cc2)cc1. The maximum Gasteiger partial charge on any atom is 0.0953 e. The highest BCUT2D eigenvalue weighted by molar-refractivity contribution is 5.45. The van der Waals surface area contributed by atoms with Crippen molar-refractivity contribution in [2.75, 3.05) is 0 Å². The third-order valence-electron chi connectivity index (χ3n) is 5.56. The molecule has 1 aromatic heterocycles. The highest BCUT2D eigenvalue weighted by Gasteiger charge is 2.13. The van der Waals surface area contributed by atoms with Crippen LogP contribution in [0.15, 0.2) is 97.5 Å². The second-order valence-electron chi connectivity index (χ2n) is 7.94. The van der Waals surface area contributed by atoms with E-state index < -0.39 is 0 Å². The van der Waals surface area contributed by atoms with E-state index in [1.807, 2.05) is 12.5 Å².